The number of rotatable bonds is 3. The second-order valence-electron chi connectivity index (χ2n) is 7.26. The van der Waals surface area contributed by atoms with Gasteiger partial charge in [-0.15, -0.1) is 11.3 Å². The van der Waals surface area contributed by atoms with E-state index in [2.05, 4.69) is 77.8 Å². The number of aromatic nitrogens is 1. The van der Waals surface area contributed by atoms with Crippen molar-refractivity contribution in [3.05, 3.63) is 90.6 Å². The Bertz CT molecular complexity index is 1330. The maximum Gasteiger partial charge on any atom is 0.0719 e. The van der Waals surface area contributed by atoms with E-state index in [-0.39, 0.29) is 0 Å². The average Bonchev–Trinajstić information content (AvgIpc) is 3.13. The summed E-state index contributed by atoms with van der Waals surface area (Å²) in [6.45, 7) is 3.83. The molecule has 28 heavy (non-hydrogen) atoms. The smallest absolute Gasteiger partial charge is 0.0719 e. The number of benzene rings is 3. The predicted molar refractivity (Wildman–Crippen MR) is 122 cm³/mol. The number of nitrogens with zero attached hydrogens (tertiary/aromatic N) is 1. The Labute approximate surface area is 170 Å². The summed E-state index contributed by atoms with van der Waals surface area (Å²) in [5.74, 6) is -0.647. The van der Waals surface area contributed by atoms with Crippen molar-refractivity contribution in [1.29, 1.82) is 0 Å². The highest BCUT2D eigenvalue weighted by Gasteiger charge is 2.14. The van der Waals surface area contributed by atoms with Crippen molar-refractivity contribution in [3.63, 3.8) is 0 Å². The fourth-order valence-corrected chi connectivity index (χ4v) is 5.11. The molecule has 5 rings (SSSR count). The lowest BCUT2D eigenvalue weighted by Gasteiger charge is -2.08. The van der Waals surface area contributed by atoms with E-state index in [0.717, 1.165) is 16.8 Å². The highest BCUT2D eigenvalue weighted by atomic mass is 32.1. The molecular weight excluding hydrogens is 358 g/mol. The first kappa shape index (κ1) is 16.0. The van der Waals surface area contributed by atoms with E-state index in [0.29, 0.717) is 0 Å². The molecule has 136 valence electrons. The first-order chi connectivity index (χ1) is 14.0. The molecule has 0 amide bonds. The molecule has 0 saturated heterocycles. The van der Waals surface area contributed by atoms with Crippen molar-refractivity contribution in [2.45, 2.75) is 19.7 Å². The fraction of sp³-hybridized carbons (Fsp3) is 0.115. The van der Waals surface area contributed by atoms with E-state index >= 15 is 0 Å². The van der Waals surface area contributed by atoms with Crippen molar-refractivity contribution in [1.82, 2.24) is 4.98 Å². The van der Waals surface area contributed by atoms with Crippen LogP contribution in [0.3, 0.4) is 0 Å². The minimum atomic E-state index is -0.647. The van der Waals surface area contributed by atoms with Crippen LogP contribution in [0.5, 0.6) is 0 Å². The van der Waals surface area contributed by atoms with Crippen molar-refractivity contribution < 1.29 is 1.37 Å². The molecule has 5 aromatic rings. The van der Waals surface area contributed by atoms with Crippen LogP contribution in [0.1, 0.15) is 26.7 Å². The Balaban J connectivity index is 1.78. The lowest BCUT2D eigenvalue weighted by Crippen LogP contribution is -1.90. The van der Waals surface area contributed by atoms with Crippen LogP contribution in [0.2, 0.25) is 0 Å². The minimum Gasteiger partial charge on any atom is -0.256 e. The largest absolute Gasteiger partial charge is 0.256 e. The molecule has 0 aliphatic carbocycles. The van der Waals surface area contributed by atoms with Gasteiger partial charge in [-0.25, -0.2) is 0 Å². The maximum atomic E-state index is 8.38. The van der Waals surface area contributed by atoms with E-state index < -0.39 is 5.89 Å². The van der Waals surface area contributed by atoms with E-state index in [1.807, 2.05) is 37.4 Å². The van der Waals surface area contributed by atoms with Crippen LogP contribution >= 0.6 is 11.3 Å². The highest BCUT2D eigenvalue weighted by Crippen LogP contribution is 2.43. The minimum absolute atomic E-state index is 0.647. The summed E-state index contributed by atoms with van der Waals surface area (Å²) in [4.78, 5) is 4.65. The van der Waals surface area contributed by atoms with Crippen molar-refractivity contribution in [2.24, 2.45) is 0 Å². The quantitative estimate of drug-likeness (QED) is 0.310. The maximum absolute atomic E-state index is 8.38. The summed E-state index contributed by atoms with van der Waals surface area (Å²) in [6, 6.07) is 27.6. The van der Waals surface area contributed by atoms with E-state index in [9.17, 15) is 0 Å². The molecule has 1 nitrogen and oxygen atoms in total. The average molecular weight is 381 g/mol. The van der Waals surface area contributed by atoms with Crippen molar-refractivity contribution in [3.8, 4) is 22.4 Å². The summed E-state index contributed by atoms with van der Waals surface area (Å²) in [5.41, 5.74) is 5.55. The van der Waals surface area contributed by atoms with Crippen LogP contribution in [0.15, 0.2) is 85.1 Å². The summed E-state index contributed by atoms with van der Waals surface area (Å²) in [5, 5.41) is 2.54. The van der Waals surface area contributed by atoms with Gasteiger partial charge in [-0.1, -0.05) is 80.6 Å². The molecule has 0 saturated carbocycles. The summed E-state index contributed by atoms with van der Waals surface area (Å²) < 4.78 is 10.9. The van der Waals surface area contributed by atoms with Crippen LogP contribution in [0.25, 0.3) is 42.6 Å². The number of pyridine rings is 1. The Morgan fingerprint density at radius 1 is 0.786 bits per heavy atom. The first-order valence-electron chi connectivity index (χ1n) is 9.99. The topological polar surface area (TPSA) is 12.9 Å². The summed E-state index contributed by atoms with van der Waals surface area (Å²) >= 11 is 1.83. The molecule has 0 atom stereocenters. The molecule has 0 spiro atoms. The van der Waals surface area contributed by atoms with Crippen molar-refractivity contribution >= 4 is 31.5 Å². The van der Waals surface area contributed by atoms with E-state index in [1.165, 1.54) is 31.3 Å². The molecule has 2 aromatic heterocycles. The van der Waals surface area contributed by atoms with E-state index in [1.54, 1.807) is 0 Å². The SMILES string of the molecule is [2H]C(C)(C)c1ccnc(-c2cccc3c2sc2c(-c4ccccc4)cccc23)c1. The predicted octanol–water partition coefficient (Wildman–Crippen LogP) is 7.91. The third kappa shape index (κ3) is 2.81. The van der Waals surface area contributed by atoms with Crippen LogP contribution in [-0.2, 0) is 0 Å². The monoisotopic (exact) mass is 380 g/mol. The first-order valence-corrected chi connectivity index (χ1v) is 10.3. The second-order valence-corrected chi connectivity index (χ2v) is 8.28. The third-order valence-corrected chi connectivity index (χ3v) is 6.51. The molecule has 3 aromatic carbocycles. The Hall–Kier alpha value is -2.97. The lowest BCUT2D eigenvalue weighted by molar-refractivity contribution is 0.864. The van der Waals surface area contributed by atoms with Gasteiger partial charge in [-0.05, 0) is 34.7 Å². The molecule has 0 fully saturated rings. The third-order valence-electron chi connectivity index (χ3n) is 5.22. The van der Waals surface area contributed by atoms with Gasteiger partial charge in [0.05, 0.1) is 5.69 Å². The molecule has 0 radical (unpaired) electrons. The fourth-order valence-electron chi connectivity index (χ4n) is 3.76. The van der Waals surface area contributed by atoms with Crippen molar-refractivity contribution in [2.75, 3.05) is 0 Å². The lowest BCUT2D eigenvalue weighted by atomic mass is 9.99. The highest BCUT2D eigenvalue weighted by molar-refractivity contribution is 7.26. The zero-order chi connectivity index (χ0) is 20.0. The molecule has 0 aliphatic heterocycles. The van der Waals surface area contributed by atoms with Crippen LogP contribution in [0.4, 0.5) is 0 Å². The van der Waals surface area contributed by atoms with E-state index in [4.69, 9.17) is 1.37 Å². The molecular formula is C26H21NS. The number of hydrogen-bond donors (Lipinski definition) is 0. The van der Waals surface area contributed by atoms with Gasteiger partial charge in [0, 0.05) is 33.3 Å². The molecule has 0 bridgehead atoms. The van der Waals surface area contributed by atoms with Gasteiger partial charge in [0.1, 0.15) is 0 Å². The molecule has 0 N–H and O–H groups in total. The zero-order valence-electron chi connectivity index (χ0n) is 16.9. The Morgan fingerprint density at radius 2 is 1.46 bits per heavy atom. The van der Waals surface area contributed by atoms with Gasteiger partial charge >= 0.3 is 0 Å². The normalized spacial score (nSPS) is 12.4. The van der Waals surface area contributed by atoms with Gasteiger partial charge < -0.3 is 0 Å². The van der Waals surface area contributed by atoms with Crippen LogP contribution < -0.4 is 0 Å². The van der Waals surface area contributed by atoms with Crippen LogP contribution in [0, 0.1) is 0 Å². The van der Waals surface area contributed by atoms with Gasteiger partial charge in [0.2, 0.25) is 0 Å². The standard InChI is InChI=1S/C26H21NS/c1-17(2)19-14-15-27-24(16-19)23-13-7-12-22-21-11-6-10-20(25(21)28-26(22)23)18-8-4-3-5-9-18/h3-17H,1-2H3/i17D. The van der Waals surface area contributed by atoms with Gasteiger partial charge in [0.15, 0.2) is 0 Å². The van der Waals surface area contributed by atoms with Gasteiger partial charge in [0.25, 0.3) is 0 Å². The number of thiophene rings is 1. The molecule has 0 unspecified atom stereocenters. The van der Waals surface area contributed by atoms with Gasteiger partial charge in [-0.3, -0.25) is 4.98 Å². The Kier molecular flexibility index (Phi) is 3.94. The zero-order valence-corrected chi connectivity index (χ0v) is 16.8. The number of hydrogen-bond acceptors (Lipinski definition) is 2. The molecule has 2 heteroatoms. The Morgan fingerprint density at radius 3 is 2.18 bits per heavy atom. The summed E-state index contributed by atoms with van der Waals surface area (Å²) in [7, 11) is 0. The molecule has 0 aliphatic rings. The summed E-state index contributed by atoms with van der Waals surface area (Å²) in [6.07, 6.45) is 1.82. The van der Waals surface area contributed by atoms with Crippen LogP contribution in [-0.4, -0.2) is 4.98 Å². The molecule has 2 heterocycles. The van der Waals surface area contributed by atoms with Gasteiger partial charge in [-0.2, -0.15) is 0 Å². The second kappa shape index (κ2) is 6.88. The number of fused-ring (bicyclic) bond motifs is 3.